The molecule has 1 heterocycles. The maximum absolute atomic E-state index is 13.4. The molecule has 3 rings (SSSR count). The first-order valence-electron chi connectivity index (χ1n) is 9.46. The van der Waals surface area contributed by atoms with Gasteiger partial charge in [0.15, 0.2) is 0 Å². The van der Waals surface area contributed by atoms with Crippen LogP contribution in [0, 0.1) is 13.8 Å². The van der Waals surface area contributed by atoms with Crippen LogP contribution >= 0.6 is 18.9 Å². The minimum absolute atomic E-state index is 0.0319. The molecule has 1 aliphatic carbocycles. The summed E-state index contributed by atoms with van der Waals surface area (Å²) >= 11 is 6.14. The molecule has 0 radical (unpaired) electrons. The molecule has 2 aliphatic rings. The van der Waals surface area contributed by atoms with Crippen molar-refractivity contribution in [2.24, 2.45) is 0 Å². The Balaban J connectivity index is 1.87. The van der Waals surface area contributed by atoms with Crippen LogP contribution in [-0.4, -0.2) is 30.1 Å². The molecule has 1 N–H and O–H groups in total. The number of rotatable bonds is 3. The second-order valence-electron chi connectivity index (χ2n) is 8.28. The predicted octanol–water partition coefficient (Wildman–Crippen LogP) is 5.77. The van der Waals surface area contributed by atoms with Crippen molar-refractivity contribution in [3.8, 4) is 0 Å². The van der Waals surface area contributed by atoms with Crippen molar-refractivity contribution in [3.05, 3.63) is 28.3 Å². The molecule has 0 spiro atoms. The molecule has 2 fully saturated rings. The van der Waals surface area contributed by atoms with Crippen molar-refractivity contribution in [3.63, 3.8) is 0 Å². The number of hydrogen-bond donors (Lipinski definition) is 1. The van der Waals surface area contributed by atoms with Crippen molar-refractivity contribution in [2.45, 2.75) is 63.9 Å². The molecule has 1 amide bonds. The average Bonchev–Trinajstić information content (AvgIpc) is 2.67. The van der Waals surface area contributed by atoms with E-state index in [4.69, 9.17) is 11.6 Å². The molecular weight excluding hydrogens is 337 g/mol. The Labute approximate surface area is 152 Å². The summed E-state index contributed by atoms with van der Waals surface area (Å²) in [7, 11) is -1.55. The van der Waals surface area contributed by atoms with Crippen LogP contribution in [0.5, 0.6) is 0 Å². The van der Waals surface area contributed by atoms with Gasteiger partial charge in [0.1, 0.15) is 0 Å². The topological polar surface area (TPSA) is 29.1 Å². The molecule has 24 heavy (non-hydrogen) atoms. The summed E-state index contributed by atoms with van der Waals surface area (Å²) in [5.74, 6) is 0.304. The zero-order valence-corrected chi connectivity index (χ0v) is 17.1. The Bertz CT molecular complexity index is 608. The average molecular weight is 368 g/mol. The summed E-state index contributed by atoms with van der Waals surface area (Å²) in [5.41, 5.74) is 3.10. The molecule has 0 atom stereocenters. The van der Waals surface area contributed by atoms with E-state index in [0.29, 0.717) is 5.91 Å². The second kappa shape index (κ2) is 6.96. The molecule has 4 heteroatoms. The van der Waals surface area contributed by atoms with Crippen LogP contribution in [0.1, 0.15) is 56.1 Å². The van der Waals surface area contributed by atoms with Gasteiger partial charge in [0.25, 0.3) is 0 Å². The van der Waals surface area contributed by atoms with Gasteiger partial charge in [-0.3, -0.25) is 0 Å². The number of benzene rings is 1. The van der Waals surface area contributed by atoms with Crippen LogP contribution < -0.4 is 5.32 Å². The van der Waals surface area contributed by atoms with E-state index in [1.54, 1.807) is 0 Å². The van der Waals surface area contributed by atoms with Crippen LogP contribution in [0.3, 0.4) is 0 Å². The normalized spacial score (nSPS) is 23.7. The molecule has 1 aliphatic heterocycles. The molecule has 0 aromatic heterocycles. The number of amides is 1. The van der Waals surface area contributed by atoms with E-state index in [-0.39, 0.29) is 5.16 Å². The summed E-state index contributed by atoms with van der Waals surface area (Å²) in [6, 6.07) is 3.89. The van der Waals surface area contributed by atoms with E-state index in [9.17, 15) is 4.79 Å². The van der Waals surface area contributed by atoms with E-state index >= 15 is 0 Å². The molecule has 0 bridgehead atoms. The van der Waals surface area contributed by atoms with Gasteiger partial charge in [-0.15, -0.1) is 0 Å². The summed E-state index contributed by atoms with van der Waals surface area (Å²) < 4.78 is 0. The number of hydrogen-bond acceptors (Lipinski definition) is 1. The Kier molecular flexibility index (Phi) is 5.28. The number of anilines is 1. The molecule has 1 saturated heterocycles. The molecular formula is C20H31ClNOP. The number of aryl methyl sites for hydroxylation is 2. The fourth-order valence-corrected chi connectivity index (χ4v) is 10.7. The zero-order valence-electron chi connectivity index (χ0n) is 15.3. The van der Waals surface area contributed by atoms with Crippen LogP contribution in [-0.2, 0) is 4.79 Å². The van der Waals surface area contributed by atoms with Crippen LogP contribution in [0.25, 0.3) is 0 Å². The SMILES string of the molecule is Cc1cc(Cl)cc(C)c1NC(=O)C1([PH]2(C)CCCCCC2)CCC1. The van der Waals surface area contributed by atoms with Gasteiger partial charge in [0.2, 0.25) is 0 Å². The maximum atomic E-state index is 13.4. The summed E-state index contributed by atoms with van der Waals surface area (Å²) in [6.45, 7) is 6.58. The van der Waals surface area contributed by atoms with Crippen molar-refractivity contribution >= 4 is 30.5 Å². The van der Waals surface area contributed by atoms with Gasteiger partial charge in [0, 0.05) is 0 Å². The molecule has 0 unspecified atom stereocenters. The van der Waals surface area contributed by atoms with Gasteiger partial charge in [0.05, 0.1) is 0 Å². The van der Waals surface area contributed by atoms with Gasteiger partial charge in [-0.2, -0.15) is 0 Å². The van der Waals surface area contributed by atoms with E-state index < -0.39 is 7.26 Å². The first-order chi connectivity index (χ1) is 11.4. The van der Waals surface area contributed by atoms with Gasteiger partial charge < -0.3 is 0 Å². The Morgan fingerprint density at radius 2 is 1.58 bits per heavy atom. The molecule has 1 aromatic carbocycles. The molecule has 134 valence electrons. The number of halogens is 1. The molecule has 1 saturated carbocycles. The number of nitrogens with one attached hydrogen (secondary N) is 1. The van der Waals surface area contributed by atoms with Crippen molar-refractivity contribution in [1.29, 1.82) is 0 Å². The van der Waals surface area contributed by atoms with E-state index in [1.807, 2.05) is 26.0 Å². The molecule has 1 aromatic rings. The van der Waals surface area contributed by atoms with E-state index in [1.165, 1.54) is 44.4 Å². The summed E-state index contributed by atoms with van der Waals surface area (Å²) in [5, 5.41) is 4.04. The Morgan fingerprint density at radius 1 is 1.04 bits per heavy atom. The monoisotopic (exact) mass is 367 g/mol. The molecule has 2 nitrogen and oxygen atoms in total. The van der Waals surface area contributed by atoms with Crippen LogP contribution in [0.2, 0.25) is 5.02 Å². The quantitative estimate of drug-likeness (QED) is 0.675. The zero-order chi connectivity index (χ0) is 17.4. The third-order valence-corrected chi connectivity index (χ3v) is 12.9. The fourth-order valence-electron chi connectivity index (χ4n) is 4.96. The van der Waals surface area contributed by atoms with Crippen molar-refractivity contribution in [1.82, 2.24) is 0 Å². The van der Waals surface area contributed by atoms with Gasteiger partial charge in [-0.25, -0.2) is 0 Å². The first-order valence-corrected chi connectivity index (χ1v) is 12.8. The second-order valence-corrected chi connectivity index (χ2v) is 13.8. The number of carbonyl (C=O) groups is 1. The van der Waals surface area contributed by atoms with E-state index in [0.717, 1.165) is 34.7 Å². The van der Waals surface area contributed by atoms with Gasteiger partial charge in [-0.1, -0.05) is 0 Å². The minimum atomic E-state index is -1.55. The van der Waals surface area contributed by atoms with E-state index in [2.05, 4.69) is 12.0 Å². The summed E-state index contributed by atoms with van der Waals surface area (Å²) in [6.07, 6.45) is 11.5. The van der Waals surface area contributed by atoms with Crippen molar-refractivity contribution in [2.75, 3.05) is 24.3 Å². The van der Waals surface area contributed by atoms with Gasteiger partial charge >= 0.3 is 152 Å². The Hall–Kier alpha value is -0.590. The fraction of sp³-hybridized carbons (Fsp3) is 0.650. The van der Waals surface area contributed by atoms with Crippen LogP contribution in [0.15, 0.2) is 12.1 Å². The Morgan fingerprint density at radius 3 is 2.04 bits per heavy atom. The summed E-state index contributed by atoms with van der Waals surface area (Å²) in [4.78, 5) is 13.4. The van der Waals surface area contributed by atoms with Gasteiger partial charge in [-0.05, 0) is 0 Å². The third kappa shape index (κ3) is 3.13. The first kappa shape index (κ1) is 18.2. The predicted molar refractivity (Wildman–Crippen MR) is 109 cm³/mol. The third-order valence-electron chi connectivity index (χ3n) is 6.74. The number of carbonyl (C=O) groups excluding carboxylic acids is 1. The van der Waals surface area contributed by atoms with Crippen molar-refractivity contribution < 1.29 is 4.79 Å². The standard InChI is InChI=1S/C20H31ClNOP/c1-15-13-17(21)14-16(2)18(15)22-19(23)20(9-8-10-20)24(3)11-6-4-5-7-12-24/h13-14,24H,4-12H2,1-3H3,(H,22,23). The van der Waals surface area contributed by atoms with Crippen LogP contribution in [0.4, 0.5) is 5.69 Å².